The van der Waals surface area contributed by atoms with E-state index in [0.717, 1.165) is 17.0 Å². The van der Waals surface area contributed by atoms with Crippen LogP contribution in [-0.4, -0.2) is 14.2 Å². The Balaban J connectivity index is 2.61. The second-order valence-corrected chi connectivity index (χ2v) is 7.20. The van der Waals surface area contributed by atoms with Crippen LogP contribution in [0.2, 0.25) is 0 Å². The first-order valence-corrected chi connectivity index (χ1v) is 6.77. The van der Waals surface area contributed by atoms with Crippen LogP contribution < -0.4 is 0 Å². The molecule has 1 N–H and O–H groups in total. The van der Waals surface area contributed by atoms with E-state index in [1.807, 2.05) is 0 Å². The maximum absolute atomic E-state index is 11.7. The fraction of sp³-hybridized carbons (Fsp3) is 0.600. The molecule has 15 heavy (non-hydrogen) atoms. The molecule has 0 radical (unpaired) electrons. The number of nitrogens with zero attached hydrogens (tertiary/aromatic N) is 2. The largest absolute Gasteiger partial charge is 0.252 e. The lowest BCUT2D eigenvalue weighted by molar-refractivity contribution is 0.560. The molecule has 82 valence electrons. The molecule has 0 aliphatic carbocycles. The quantitative estimate of drug-likeness (QED) is 0.732. The van der Waals surface area contributed by atoms with E-state index in [0.29, 0.717) is 5.75 Å². The average Bonchev–Trinajstić information content (AvgIpc) is 2.35. The summed E-state index contributed by atoms with van der Waals surface area (Å²) in [5.74, 6) is 0.601. The SMILES string of the molecule is CC(C)(C)c1ncnc2c1C[S@](=N)(=O)C2. The van der Waals surface area contributed by atoms with Crippen molar-refractivity contribution in [3.05, 3.63) is 23.3 Å². The van der Waals surface area contributed by atoms with Crippen LogP contribution in [0.4, 0.5) is 0 Å². The third-order valence-electron chi connectivity index (χ3n) is 2.49. The molecule has 5 heteroatoms. The Kier molecular flexibility index (Phi) is 2.12. The van der Waals surface area contributed by atoms with Crippen molar-refractivity contribution < 1.29 is 4.21 Å². The van der Waals surface area contributed by atoms with Crippen molar-refractivity contribution in [1.82, 2.24) is 9.97 Å². The summed E-state index contributed by atoms with van der Waals surface area (Å²) in [6.45, 7) is 6.21. The summed E-state index contributed by atoms with van der Waals surface area (Å²) in [5, 5.41) is 0. The maximum atomic E-state index is 11.7. The van der Waals surface area contributed by atoms with Crippen LogP contribution in [-0.2, 0) is 26.6 Å². The van der Waals surface area contributed by atoms with Gasteiger partial charge in [-0.1, -0.05) is 20.8 Å². The number of nitrogens with one attached hydrogen (secondary N) is 1. The van der Waals surface area contributed by atoms with E-state index in [9.17, 15) is 4.21 Å². The first-order valence-electron chi connectivity index (χ1n) is 4.87. The van der Waals surface area contributed by atoms with Gasteiger partial charge >= 0.3 is 0 Å². The highest BCUT2D eigenvalue weighted by molar-refractivity contribution is 7.91. The van der Waals surface area contributed by atoms with Gasteiger partial charge in [0.1, 0.15) is 6.33 Å². The summed E-state index contributed by atoms with van der Waals surface area (Å²) in [6, 6.07) is 0. The number of fused-ring (bicyclic) bond motifs is 1. The lowest BCUT2D eigenvalue weighted by atomic mass is 9.88. The number of rotatable bonds is 0. The average molecular weight is 225 g/mol. The van der Waals surface area contributed by atoms with Gasteiger partial charge < -0.3 is 0 Å². The zero-order chi connectivity index (χ0) is 11.3. The van der Waals surface area contributed by atoms with Crippen molar-refractivity contribution in [1.29, 1.82) is 4.78 Å². The molecule has 2 rings (SSSR count). The van der Waals surface area contributed by atoms with Gasteiger partial charge in [0.25, 0.3) is 0 Å². The molecule has 0 unspecified atom stereocenters. The van der Waals surface area contributed by atoms with Crippen LogP contribution in [0, 0.1) is 4.78 Å². The van der Waals surface area contributed by atoms with Crippen LogP contribution in [0.25, 0.3) is 0 Å². The monoisotopic (exact) mass is 225 g/mol. The van der Waals surface area contributed by atoms with Crippen LogP contribution in [0.5, 0.6) is 0 Å². The molecule has 1 aliphatic heterocycles. The van der Waals surface area contributed by atoms with Crippen molar-refractivity contribution in [2.24, 2.45) is 0 Å². The van der Waals surface area contributed by atoms with E-state index >= 15 is 0 Å². The molecule has 0 saturated heterocycles. The highest BCUT2D eigenvalue weighted by Crippen LogP contribution is 2.31. The molecule has 0 aromatic carbocycles. The van der Waals surface area contributed by atoms with Crippen molar-refractivity contribution in [3.8, 4) is 0 Å². The minimum absolute atomic E-state index is 0.0765. The Morgan fingerprint density at radius 1 is 1.33 bits per heavy atom. The van der Waals surface area contributed by atoms with Gasteiger partial charge in [0.2, 0.25) is 0 Å². The van der Waals surface area contributed by atoms with E-state index in [1.54, 1.807) is 0 Å². The van der Waals surface area contributed by atoms with Crippen LogP contribution in [0.15, 0.2) is 6.33 Å². The summed E-state index contributed by atoms with van der Waals surface area (Å²) in [5.41, 5.74) is 2.59. The molecule has 0 fully saturated rings. The number of hydrogen-bond acceptors (Lipinski definition) is 4. The summed E-state index contributed by atoms with van der Waals surface area (Å²) in [7, 11) is -2.49. The molecule has 0 bridgehead atoms. The van der Waals surface area contributed by atoms with E-state index < -0.39 is 9.73 Å². The predicted molar refractivity (Wildman–Crippen MR) is 59.0 cm³/mol. The zero-order valence-electron chi connectivity index (χ0n) is 9.20. The van der Waals surface area contributed by atoms with Gasteiger partial charge in [0.15, 0.2) is 0 Å². The summed E-state index contributed by atoms with van der Waals surface area (Å²) >= 11 is 0. The van der Waals surface area contributed by atoms with Gasteiger partial charge in [0.05, 0.1) is 32.6 Å². The Bertz CT molecular complexity index is 500. The molecule has 1 aromatic heterocycles. The highest BCUT2D eigenvalue weighted by Gasteiger charge is 2.30. The van der Waals surface area contributed by atoms with E-state index in [-0.39, 0.29) is 11.2 Å². The van der Waals surface area contributed by atoms with Crippen LogP contribution in [0.3, 0.4) is 0 Å². The molecule has 0 saturated carbocycles. The Hall–Kier alpha value is -0.970. The summed E-state index contributed by atoms with van der Waals surface area (Å²) < 4.78 is 19.4. The van der Waals surface area contributed by atoms with Crippen molar-refractivity contribution in [2.45, 2.75) is 37.7 Å². The van der Waals surface area contributed by atoms with E-state index in [1.165, 1.54) is 6.33 Å². The fourth-order valence-electron chi connectivity index (χ4n) is 1.88. The van der Waals surface area contributed by atoms with Crippen LogP contribution in [0.1, 0.15) is 37.7 Å². The van der Waals surface area contributed by atoms with Crippen molar-refractivity contribution >= 4 is 9.73 Å². The van der Waals surface area contributed by atoms with Gasteiger partial charge in [-0.15, -0.1) is 0 Å². The van der Waals surface area contributed by atoms with Gasteiger partial charge in [-0.2, -0.15) is 0 Å². The third kappa shape index (κ3) is 1.88. The standard InChI is InChI=1S/C10H15N3OS/c1-10(2,3)9-7-4-15(11,14)5-8(7)12-6-13-9/h6,11H,4-5H2,1-3H3/t15-/m0/s1. The molecule has 0 spiro atoms. The van der Waals surface area contributed by atoms with Gasteiger partial charge in [-0.25, -0.2) is 14.2 Å². The molecule has 1 aliphatic rings. The second-order valence-electron chi connectivity index (χ2n) is 5.00. The first-order chi connectivity index (χ1) is 6.80. The lowest BCUT2D eigenvalue weighted by Crippen LogP contribution is -2.17. The first kappa shape index (κ1) is 10.5. The second kappa shape index (κ2) is 3.01. The Morgan fingerprint density at radius 2 is 2.00 bits per heavy atom. The molecule has 1 atom stereocenters. The normalized spacial score (nSPS) is 25.3. The summed E-state index contributed by atoms with van der Waals surface area (Å²) in [4.78, 5) is 8.39. The predicted octanol–water partition coefficient (Wildman–Crippen LogP) is 1.83. The molecule has 1 aromatic rings. The van der Waals surface area contributed by atoms with Crippen molar-refractivity contribution in [3.63, 3.8) is 0 Å². The van der Waals surface area contributed by atoms with Gasteiger partial charge in [0, 0.05) is 11.0 Å². The molecule has 0 amide bonds. The molecular weight excluding hydrogens is 210 g/mol. The lowest BCUT2D eigenvalue weighted by Gasteiger charge is -2.20. The Morgan fingerprint density at radius 3 is 2.60 bits per heavy atom. The van der Waals surface area contributed by atoms with E-state index in [4.69, 9.17) is 4.78 Å². The zero-order valence-corrected chi connectivity index (χ0v) is 10.0. The molecule has 4 nitrogen and oxygen atoms in total. The fourth-order valence-corrected chi connectivity index (χ4v) is 3.44. The van der Waals surface area contributed by atoms with Gasteiger partial charge in [-0.3, -0.25) is 4.78 Å². The number of aromatic nitrogens is 2. The molecular formula is C10H15N3OS. The Labute approximate surface area is 90.1 Å². The number of hydrogen-bond donors (Lipinski definition) is 1. The maximum Gasteiger partial charge on any atom is 0.116 e. The van der Waals surface area contributed by atoms with Crippen molar-refractivity contribution in [2.75, 3.05) is 0 Å². The molecule has 2 heterocycles. The highest BCUT2D eigenvalue weighted by atomic mass is 32.2. The topological polar surface area (TPSA) is 66.7 Å². The van der Waals surface area contributed by atoms with Crippen LogP contribution >= 0.6 is 0 Å². The van der Waals surface area contributed by atoms with E-state index in [2.05, 4.69) is 30.7 Å². The minimum atomic E-state index is -2.49. The summed E-state index contributed by atoms with van der Waals surface area (Å²) in [6.07, 6.45) is 1.51. The smallest absolute Gasteiger partial charge is 0.116 e. The third-order valence-corrected chi connectivity index (χ3v) is 3.99. The minimum Gasteiger partial charge on any atom is -0.252 e. The van der Waals surface area contributed by atoms with Gasteiger partial charge in [-0.05, 0) is 0 Å².